The average molecular weight is 460 g/mol. The molecule has 0 atom stereocenters. The van der Waals surface area contributed by atoms with Gasteiger partial charge < -0.3 is 0 Å². The molecule has 0 aliphatic carbocycles. The van der Waals surface area contributed by atoms with Crippen LogP contribution in [0.3, 0.4) is 0 Å². The maximum atomic E-state index is 12.7. The number of aryl methyl sites for hydroxylation is 1. The number of benzene rings is 2. The van der Waals surface area contributed by atoms with Crippen LogP contribution >= 0.6 is 15.9 Å². The monoisotopic (exact) mass is 459 g/mol. The third-order valence-corrected chi connectivity index (χ3v) is 6.30. The summed E-state index contributed by atoms with van der Waals surface area (Å²) in [6, 6.07) is 16.3. The summed E-state index contributed by atoms with van der Waals surface area (Å²) < 4.78 is 2.71. The van der Waals surface area contributed by atoms with Gasteiger partial charge in [0, 0.05) is 0 Å². The number of nitrogens with zero attached hydrogens (tertiary/aromatic N) is 2. The molecule has 1 N–H and O–H groups in total. The Labute approximate surface area is 159 Å². The van der Waals surface area contributed by atoms with Gasteiger partial charge in [0.05, 0.1) is 0 Å². The second kappa shape index (κ2) is 7.38. The number of carbonyl (C=O) groups is 2. The first-order valence-electron chi connectivity index (χ1n) is 7.34. The first-order valence-corrected chi connectivity index (χ1v) is 10.0. The molecule has 0 saturated carbocycles. The summed E-state index contributed by atoms with van der Waals surface area (Å²) >= 11 is 2.28. The molecule has 0 aliphatic heterocycles. The van der Waals surface area contributed by atoms with Gasteiger partial charge in [-0.15, -0.1) is 0 Å². The van der Waals surface area contributed by atoms with Gasteiger partial charge in [-0.05, 0) is 0 Å². The van der Waals surface area contributed by atoms with Gasteiger partial charge in [-0.2, -0.15) is 0 Å². The molecular weight excluding hydrogens is 447 g/mol. The molecule has 125 valence electrons. The number of halogens is 1. The summed E-state index contributed by atoms with van der Waals surface area (Å²) in [6.07, 6.45) is 0. The first-order chi connectivity index (χ1) is 12.0. The predicted octanol–water partition coefficient (Wildman–Crippen LogP) is 2.72. The Morgan fingerprint density at radius 3 is 2.52 bits per heavy atom. The van der Waals surface area contributed by atoms with Gasteiger partial charge in [0.25, 0.3) is 0 Å². The maximum absolute atomic E-state index is 12.7. The van der Waals surface area contributed by atoms with Crippen LogP contribution in [0.1, 0.15) is 20.8 Å². The fraction of sp³-hybridized carbons (Fsp3) is 0.0556. The predicted molar refractivity (Wildman–Crippen MR) is 99.5 cm³/mol. The van der Waals surface area contributed by atoms with E-state index in [9.17, 15) is 14.7 Å². The molecular formula is C18H13AsBrN2O3. The molecule has 0 spiro atoms. The van der Waals surface area contributed by atoms with Crippen LogP contribution in [0, 0.1) is 0 Å². The molecule has 25 heavy (non-hydrogen) atoms. The number of carboxylic acids is 1. The molecule has 0 amide bonds. The molecule has 0 bridgehead atoms. The Hall–Kier alpha value is -2.17. The quantitative estimate of drug-likeness (QED) is 0.595. The molecule has 0 unspecified atom stereocenters. The molecule has 0 saturated heterocycles. The van der Waals surface area contributed by atoms with Crippen molar-refractivity contribution in [2.45, 2.75) is 0 Å². The SMILES string of the molecule is Cn1nc(-c2ccccc2)cc1C(=O)[As]c1ccc(Br)cc1C(=O)O. The standard InChI is InChI=1S/C18H13AsBrN2O3/c1-22-16(10-15(21-22)11-5-3-2-4-6-11)17(23)19-14-8-7-12(20)9-13(14)18(24)25/h2-10H,1H3,(H,24,25). The van der Waals surface area contributed by atoms with E-state index in [-0.39, 0.29) is 10.1 Å². The molecule has 1 aromatic heterocycles. The van der Waals surface area contributed by atoms with Crippen molar-refractivity contribution >= 4 is 46.6 Å². The van der Waals surface area contributed by atoms with Crippen molar-refractivity contribution in [3.05, 3.63) is 70.3 Å². The Morgan fingerprint density at radius 1 is 1.12 bits per heavy atom. The number of rotatable bonds is 5. The van der Waals surface area contributed by atoms with Gasteiger partial charge in [0.1, 0.15) is 0 Å². The topological polar surface area (TPSA) is 72.2 Å². The Bertz CT molecular complexity index is 954. The van der Waals surface area contributed by atoms with E-state index < -0.39 is 21.7 Å². The molecule has 5 nitrogen and oxygen atoms in total. The van der Waals surface area contributed by atoms with E-state index >= 15 is 0 Å². The van der Waals surface area contributed by atoms with Crippen molar-refractivity contribution in [2.24, 2.45) is 7.05 Å². The minimum atomic E-state index is -1.03. The van der Waals surface area contributed by atoms with Crippen LogP contribution in [0.25, 0.3) is 11.3 Å². The van der Waals surface area contributed by atoms with E-state index in [4.69, 9.17) is 0 Å². The van der Waals surface area contributed by atoms with Crippen molar-refractivity contribution in [1.82, 2.24) is 9.78 Å². The number of aromatic nitrogens is 2. The fourth-order valence-electron chi connectivity index (χ4n) is 2.36. The van der Waals surface area contributed by atoms with E-state index in [0.717, 1.165) is 11.3 Å². The van der Waals surface area contributed by atoms with Crippen molar-refractivity contribution < 1.29 is 14.7 Å². The molecule has 1 radical (unpaired) electrons. The molecule has 0 fully saturated rings. The molecule has 2 aromatic carbocycles. The average Bonchev–Trinajstić information content (AvgIpc) is 2.99. The zero-order chi connectivity index (χ0) is 18.0. The van der Waals surface area contributed by atoms with Crippen LogP contribution in [0.15, 0.2) is 59.1 Å². The minimum absolute atomic E-state index is 0.0850. The van der Waals surface area contributed by atoms with Crippen molar-refractivity contribution in [3.63, 3.8) is 0 Å². The van der Waals surface area contributed by atoms with E-state index in [1.165, 1.54) is 6.07 Å². The normalized spacial score (nSPS) is 11.1. The van der Waals surface area contributed by atoms with Gasteiger partial charge in [0.15, 0.2) is 0 Å². The Morgan fingerprint density at radius 2 is 1.84 bits per heavy atom. The second-order valence-corrected chi connectivity index (χ2v) is 8.54. The number of carboxylic acid groups (broad SMARTS) is 1. The van der Waals surface area contributed by atoms with E-state index in [1.807, 2.05) is 30.3 Å². The summed E-state index contributed by atoms with van der Waals surface area (Å²) in [4.78, 5) is 24.1. The molecule has 3 rings (SSSR count). The summed E-state index contributed by atoms with van der Waals surface area (Å²) in [5.74, 6) is -1.03. The number of hydrogen-bond donors (Lipinski definition) is 1. The molecule has 3 aromatic rings. The fourth-order valence-corrected chi connectivity index (χ4v) is 4.76. The van der Waals surface area contributed by atoms with Crippen LogP contribution in [-0.4, -0.2) is 41.2 Å². The van der Waals surface area contributed by atoms with Crippen LogP contribution < -0.4 is 4.35 Å². The van der Waals surface area contributed by atoms with Gasteiger partial charge in [-0.3, -0.25) is 0 Å². The number of carbonyl (C=O) groups excluding carboxylic acids is 1. The van der Waals surface area contributed by atoms with Crippen LogP contribution in [0.4, 0.5) is 0 Å². The molecule has 7 heteroatoms. The molecule has 0 aliphatic rings. The van der Waals surface area contributed by atoms with Crippen LogP contribution in [-0.2, 0) is 7.05 Å². The van der Waals surface area contributed by atoms with E-state index in [1.54, 1.807) is 29.9 Å². The van der Waals surface area contributed by atoms with Crippen molar-refractivity contribution in [1.29, 1.82) is 0 Å². The first kappa shape index (κ1) is 17.6. The van der Waals surface area contributed by atoms with Crippen LogP contribution in [0.2, 0.25) is 0 Å². The third kappa shape index (κ3) is 3.91. The third-order valence-electron chi connectivity index (χ3n) is 3.58. The zero-order valence-corrected chi connectivity index (χ0v) is 16.6. The number of aromatic carboxylic acids is 1. The Kier molecular flexibility index (Phi) is 5.21. The van der Waals surface area contributed by atoms with Crippen molar-refractivity contribution in [2.75, 3.05) is 0 Å². The van der Waals surface area contributed by atoms with Gasteiger partial charge >= 0.3 is 160 Å². The van der Waals surface area contributed by atoms with Crippen LogP contribution in [0.5, 0.6) is 0 Å². The van der Waals surface area contributed by atoms with Gasteiger partial charge in [0.2, 0.25) is 0 Å². The van der Waals surface area contributed by atoms with Gasteiger partial charge in [-0.25, -0.2) is 0 Å². The number of hydrogen-bond acceptors (Lipinski definition) is 3. The summed E-state index contributed by atoms with van der Waals surface area (Å²) in [5, 5.41) is 13.7. The molecule has 1 heterocycles. The Balaban J connectivity index is 1.90. The van der Waals surface area contributed by atoms with Crippen molar-refractivity contribution in [3.8, 4) is 11.3 Å². The summed E-state index contributed by atoms with van der Waals surface area (Å²) in [6.45, 7) is 0. The van der Waals surface area contributed by atoms with E-state index in [0.29, 0.717) is 14.5 Å². The second-order valence-electron chi connectivity index (χ2n) is 5.29. The summed E-state index contributed by atoms with van der Waals surface area (Å²) in [7, 11) is 1.72. The zero-order valence-electron chi connectivity index (χ0n) is 13.2. The van der Waals surface area contributed by atoms with Gasteiger partial charge in [-0.1, -0.05) is 0 Å². The summed E-state index contributed by atoms with van der Waals surface area (Å²) in [5.41, 5.74) is 2.30. The van der Waals surface area contributed by atoms with E-state index in [2.05, 4.69) is 21.0 Å².